The number of isocyanates is 2. The molecule has 2 atom stereocenters. The largest absolute Gasteiger partial charge is 0.264 e. The topological polar surface area (TPSA) is 77.3 Å². The van der Waals surface area contributed by atoms with Crippen LogP contribution < -0.4 is 0 Å². The lowest BCUT2D eigenvalue weighted by Crippen LogP contribution is -2.03. The molecule has 7 heteroatoms. The van der Waals surface area contributed by atoms with Gasteiger partial charge in [-0.3, -0.25) is 8.37 Å². The SMILES string of the molecule is CC(N=C=O)OSOC(C)N=C=O. The molecule has 0 heterocycles. The summed E-state index contributed by atoms with van der Waals surface area (Å²) in [5.41, 5.74) is 0. The maximum Gasteiger partial charge on any atom is 0.237 e. The molecule has 0 rings (SSSR count). The maximum absolute atomic E-state index is 9.72. The number of nitrogens with zero attached hydrogens (tertiary/aromatic N) is 2. The second-order valence-electron chi connectivity index (χ2n) is 1.90. The number of rotatable bonds is 6. The molecule has 0 spiro atoms. The highest BCUT2D eigenvalue weighted by Gasteiger charge is 2.03. The van der Waals surface area contributed by atoms with Crippen molar-refractivity contribution in [1.29, 1.82) is 0 Å². The lowest BCUT2D eigenvalue weighted by molar-refractivity contribution is 0.200. The van der Waals surface area contributed by atoms with Crippen LogP contribution in [0.2, 0.25) is 0 Å². The highest BCUT2D eigenvalue weighted by atomic mass is 32.2. The van der Waals surface area contributed by atoms with Crippen molar-refractivity contribution >= 4 is 24.5 Å². The Balaban J connectivity index is 3.55. The van der Waals surface area contributed by atoms with Gasteiger partial charge in [0.25, 0.3) is 0 Å². The molecule has 2 unspecified atom stereocenters. The van der Waals surface area contributed by atoms with Gasteiger partial charge in [-0.05, 0) is 13.8 Å². The first-order valence-electron chi connectivity index (χ1n) is 3.33. The fraction of sp³-hybridized carbons (Fsp3) is 0.667. The Morgan fingerprint density at radius 2 is 1.46 bits per heavy atom. The zero-order valence-electron chi connectivity index (χ0n) is 7.09. The van der Waals surface area contributed by atoms with E-state index in [2.05, 4.69) is 9.98 Å². The summed E-state index contributed by atoms with van der Waals surface area (Å²) in [5, 5.41) is 0. The van der Waals surface area contributed by atoms with E-state index in [4.69, 9.17) is 8.37 Å². The van der Waals surface area contributed by atoms with Gasteiger partial charge in [-0.1, -0.05) is 0 Å². The summed E-state index contributed by atoms with van der Waals surface area (Å²) in [4.78, 5) is 25.9. The molecule has 0 aliphatic carbocycles. The van der Waals surface area contributed by atoms with Crippen LogP contribution in [0.3, 0.4) is 0 Å². The predicted molar refractivity (Wildman–Crippen MR) is 44.9 cm³/mol. The normalized spacial score (nSPS) is 13.7. The van der Waals surface area contributed by atoms with E-state index in [9.17, 15) is 9.59 Å². The van der Waals surface area contributed by atoms with Gasteiger partial charge >= 0.3 is 0 Å². The third-order valence-electron chi connectivity index (χ3n) is 0.826. The smallest absolute Gasteiger partial charge is 0.237 e. The molecule has 13 heavy (non-hydrogen) atoms. The Hall–Kier alpha value is -0.970. The molecule has 0 aliphatic heterocycles. The van der Waals surface area contributed by atoms with Crippen molar-refractivity contribution in [3.8, 4) is 0 Å². The van der Waals surface area contributed by atoms with E-state index in [-0.39, 0.29) is 0 Å². The van der Waals surface area contributed by atoms with Crippen molar-refractivity contribution in [3.63, 3.8) is 0 Å². The summed E-state index contributed by atoms with van der Waals surface area (Å²) in [6, 6.07) is 0. The monoisotopic (exact) mass is 204 g/mol. The summed E-state index contributed by atoms with van der Waals surface area (Å²) < 4.78 is 9.55. The van der Waals surface area contributed by atoms with E-state index >= 15 is 0 Å². The van der Waals surface area contributed by atoms with Crippen LogP contribution in [0.1, 0.15) is 13.8 Å². The third-order valence-corrected chi connectivity index (χ3v) is 1.54. The van der Waals surface area contributed by atoms with Crippen LogP contribution in [-0.4, -0.2) is 24.6 Å². The Bertz CT molecular complexity index is 211. The van der Waals surface area contributed by atoms with Crippen molar-refractivity contribution in [3.05, 3.63) is 0 Å². The van der Waals surface area contributed by atoms with Crippen LogP contribution in [-0.2, 0) is 18.0 Å². The van der Waals surface area contributed by atoms with Gasteiger partial charge in [0.2, 0.25) is 12.2 Å². The first-order valence-corrected chi connectivity index (χ1v) is 4.00. The van der Waals surface area contributed by atoms with Crippen molar-refractivity contribution in [2.75, 3.05) is 0 Å². The van der Waals surface area contributed by atoms with Crippen molar-refractivity contribution in [1.82, 2.24) is 0 Å². The third kappa shape index (κ3) is 7.39. The van der Waals surface area contributed by atoms with E-state index in [0.29, 0.717) is 12.3 Å². The first-order chi connectivity index (χ1) is 6.20. The molecule has 0 amide bonds. The fourth-order valence-electron chi connectivity index (χ4n) is 0.328. The van der Waals surface area contributed by atoms with Crippen LogP contribution in [0.15, 0.2) is 9.98 Å². The molecule has 0 N–H and O–H groups in total. The molecule has 0 aromatic rings. The lowest BCUT2D eigenvalue weighted by Gasteiger charge is -2.05. The molecule has 0 radical (unpaired) electrons. The van der Waals surface area contributed by atoms with Crippen LogP contribution in [0.5, 0.6) is 0 Å². The summed E-state index contributed by atoms with van der Waals surface area (Å²) >= 11 is 0.604. The molecule has 0 saturated heterocycles. The molecular formula is C6H8N2O4S. The average Bonchev–Trinajstić information content (AvgIpc) is 2.05. The van der Waals surface area contributed by atoms with Gasteiger partial charge < -0.3 is 0 Å². The molecule has 0 aliphatic rings. The van der Waals surface area contributed by atoms with E-state index in [1.54, 1.807) is 0 Å². The highest BCUT2D eigenvalue weighted by molar-refractivity contribution is 7.89. The first kappa shape index (κ1) is 12.0. The quantitative estimate of drug-likeness (QED) is 0.365. The summed E-state index contributed by atoms with van der Waals surface area (Å²) in [7, 11) is 0. The van der Waals surface area contributed by atoms with Gasteiger partial charge in [0, 0.05) is 0 Å². The van der Waals surface area contributed by atoms with E-state index in [0.717, 1.165) is 0 Å². The van der Waals surface area contributed by atoms with Crippen LogP contribution >= 0.6 is 12.3 Å². The lowest BCUT2D eigenvalue weighted by atomic mass is 10.7. The van der Waals surface area contributed by atoms with E-state index in [1.807, 2.05) is 0 Å². The summed E-state index contributed by atoms with van der Waals surface area (Å²) in [5.74, 6) is 0. The average molecular weight is 204 g/mol. The number of hydrogen-bond acceptors (Lipinski definition) is 7. The van der Waals surface area contributed by atoms with Gasteiger partial charge in [-0.25, -0.2) is 9.59 Å². The van der Waals surface area contributed by atoms with Crippen molar-refractivity contribution < 1.29 is 18.0 Å². The van der Waals surface area contributed by atoms with Gasteiger partial charge in [-0.2, -0.15) is 9.98 Å². The Labute approximate surface area is 79.4 Å². The molecule has 0 bridgehead atoms. The van der Waals surface area contributed by atoms with E-state index < -0.39 is 12.5 Å². The molecule has 0 saturated carbocycles. The van der Waals surface area contributed by atoms with Gasteiger partial charge in [0.05, 0.1) is 0 Å². The predicted octanol–water partition coefficient (Wildman–Crippen LogP) is 0.946. The van der Waals surface area contributed by atoms with Crippen molar-refractivity contribution in [2.24, 2.45) is 9.98 Å². The number of aliphatic imine (C=N–C) groups is 2. The fourth-order valence-corrected chi connectivity index (χ4v) is 0.687. The minimum Gasteiger partial charge on any atom is -0.264 e. The van der Waals surface area contributed by atoms with Gasteiger partial charge in [-0.15, -0.1) is 0 Å². The summed E-state index contributed by atoms with van der Waals surface area (Å²) in [6.07, 6.45) is 1.36. The Morgan fingerprint density at radius 3 is 1.77 bits per heavy atom. The Kier molecular flexibility index (Phi) is 7.10. The van der Waals surface area contributed by atoms with Gasteiger partial charge in [0.15, 0.2) is 24.8 Å². The van der Waals surface area contributed by atoms with Crippen molar-refractivity contribution in [2.45, 2.75) is 26.3 Å². The molecule has 0 fully saturated rings. The van der Waals surface area contributed by atoms with Crippen LogP contribution in [0.4, 0.5) is 0 Å². The Morgan fingerprint density at radius 1 is 1.08 bits per heavy atom. The standard InChI is InChI=1S/C6H8N2O4S/c1-5(7-3-9)11-13-12-6(2)8-4-10/h5-6H,1-2H3. The summed E-state index contributed by atoms with van der Waals surface area (Å²) in [6.45, 7) is 3.07. The van der Waals surface area contributed by atoms with Gasteiger partial charge in [0.1, 0.15) is 0 Å². The minimum atomic E-state index is -0.644. The zero-order valence-corrected chi connectivity index (χ0v) is 7.91. The van der Waals surface area contributed by atoms with Crippen LogP contribution in [0, 0.1) is 0 Å². The zero-order chi connectivity index (χ0) is 10.1. The molecule has 72 valence electrons. The molecule has 0 aromatic heterocycles. The second kappa shape index (κ2) is 7.67. The number of carbonyl (C=O) groups excluding carboxylic acids is 2. The molecular weight excluding hydrogens is 196 g/mol. The molecule has 0 aromatic carbocycles. The maximum atomic E-state index is 9.72. The van der Waals surface area contributed by atoms with Crippen LogP contribution in [0.25, 0.3) is 0 Å². The second-order valence-corrected chi connectivity index (χ2v) is 2.42. The molecule has 6 nitrogen and oxygen atoms in total. The van der Waals surface area contributed by atoms with E-state index in [1.165, 1.54) is 26.0 Å². The highest BCUT2D eigenvalue weighted by Crippen LogP contribution is 2.12. The minimum absolute atomic E-state index is 0.604. The number of hydrogen-bond donors (Lipinski definition) is 0.